The Morgan fingerprint density at radius 2 is 1.50 bits per heavy atom. The maximum absolute atomic E-state index is 15.0. The van der Waals surface area contributed by atoms with Crippen LogP contribution in [0.1, 0.15) is 24.3 Å². The van der Waals surface area contributed by atoms with Crippen LogP contribution < -0.4 is 15.4 Å². The Hall–Kier alpha value is -4.45. The number of benzene rings is 2. The van der Waals surface area contributed by atoms with Crippen LogP contribution in [0.15, 0.2) is 29.8 Å². The number of hydrogen-bond donors (Lipinski definition) is 2. The molecule has 2 aliphatic carbocycles. The molecule has 2 aliphatic heterocycles. The number of urea groups is 1. The number of likely N-dealkylation sites (tertiary alicyclic amines) is 1. The van der Waals surface area contributed by atoms with Crippen molar-refractivity contribution in [1.29, 1.82) is 0 Å². The minimum atomic E-state index is -5.31. The lowest BCUT2D eigenvalue weighted by molar-refractivity contribution is -0.274. The third-order valence-electron chi connectivity index (χ3n) is 8.99. The van der Waals surface area contributed by atoms with E-state index in [9.17, 15) is 55.4 Å². The smallest absolute Gasteiger partial charge is 0.508 e. The predicted octanol–water partition coefficient (Wildman–Crippen LogP) is 4.63. The second-order valence-corrected chi connectivity index (χ2v) is 12.6. The third-order valence-corrected chi connectivity index (χ3v) is 10.4. The van der Waals surface area contributed by atoms with Crippen LogP contribution in [-0.2, 0) is 19.2 Å². The molecule has 2 aromatic carbocycles. The number of ether oxygens (including phenoxy) is 1. The number of fused-ring (bicyclic) bond motifs is 4. The van der Waals surface area contributed by atoms with Gasteiger partial charge in [0, 0.05) is 11.5 Å². The van der Waals surface area contributed by atoms with Crippen LogP contribution in [-0.4, -0.2) is 55.8 Å². The molecule has 0 bridgehead atoms. The first kappa shape index (κ1) is 33.5. The van der Waals surface area contributed by atoms with Crippen LogP contribution in [0.5, 0.6) is 11.5 Å². The van der Waals surface area contributed by atoms with Crippen LogP contribution in [0.4, 0.5) is 45.6 Å². The normalized spacial score (nSPS) is 29.9. The van der Waals surface area contributed by atoms with Gasteiger partial charge in [-0.05, 0) is 37.0 Å². The van der Waals surface area contributed by atoms with Crippen molar-refractivity contribution in [2.24, 2.45) is 23.5 Å². The van der Waals surface area contributed by atoms with Gasteiger partial charge in [0.1, 0.15) is 17.2 Å². The molecule has 10 nitrogen and oxygen atoms in total. The van der Waals surface area contributed by atoms with Gasteiger partial charge in [0.2, 0.25) is 17.6 Å². The SMILES string of the molecule is NC(=O)N1C(=O)C2CC=C3C(CC4(Cl)C(=O)N(c5c(F)c(F)c(F)c(F)c5F)C(=O)C4(Cl)C3c3cc(OC(F)(F)F)ccc3O)C2C1=O. The van der Waals surface area contributed by atoms with Gasteiger partial charge >= 0.3 is 12.4 Å². The van der Waals surface area contributed by atoms with E-state index >= 15 is 8.78 Å². The van der Waals surface area contributed by atoms with Gasteiger partial charge in [-0.25, -0.2) is 31.6 Å². The van der Waals surface area contributed by atoms with E-state index in [1.165, 1.54) is 6.08 Å². The zero-order valence-corrected chi connectivity index (χ0v) is 24.7. The van der Waals surface area contributed by atoms with E-state index in [2.05, 4.69) is 4.74 Å². The monoisotopic (exact) mass is 727 g/mol. The van der Waals surface area contributed by atoms with E-state index in [1.54, 1.807) is 0 Å². The minimum absolute atomic E-state index is 0.0998. The number of nitrogens with two attached hydrogens (primary N) is 1. The Balaban J connectivity index is 1.63. The zero-order chi connectivity index (χ0) is 35.6. The van der Waals surface area contributed by atoms with Crippen molar-refractivity contribution in [2.45, 2.75) is 34.9 Å². The van der Waals surface area contributed by atoms with E-state index in [4.69, 9.17) is 28.9 Å². The van der Waals surface area contributed by atoms with Crippen molar-refractivity contribution in [2.75, 3.05) is 4.90 Å². The van der Waals surface area contributed by atoms with Gasteiger partial charge in [0.15, 0.2) is 33.0 Å². The van der Waals surface area contributed by atoms with Crippen LogP contribution >= 0.6 is 23.2 Å². The van der Waals surface area contributed by atoms with Crippen molar-refractivity contribution in [3.05, 3.63) is 64.5 Å². The molecule has 0 spiro atoms. The molecule has 1 saturated carbocycles. The van der Waals surface area contributed by atoms with Gasteiger partial charge in [-0.2, -0.15) is 4.90 Å². The highest BCUT2D eigenvalue weighted by atomic mass is 35.5. The van der Waals surface area contributed by atoms with Gasteiger partial charge in [0.25, 0.3) is 11.8 Å². The predicted molar refractivity (Wildman–Crippen MR) is 143 cm³/mol. The van der Waals surface area contributed by atoms with E-state index in [-0.39, 0.29) is 10.5 Å². The summed E-state index contributed by atoms with van der Waals surface area (Å²) in [5.74, 6) is -27.7. The summed E-state index contributed by atoms with van der Waals surface area (Å²) >= 11 is 13.7. The number of carbonyl (C=O) groups is 5. The highest BCUT2D eigenvalue weighted by Gasteiger charge is 2.77. The summed E-state index contributed by atoms with van der Waals surface area (Å²) in [6.45, 7) is 0. The molecule has 0 aromatic heterocycles. The topological polar surface area (TPSA) is 147 Å². The Kier molecular flexibility index (Phi) is 7.33. The number of phenolic OH excluding ortho intramolecular Hbond substituents is 1. The number of halogens is 10. The molecule has 0 radical (unpaired) electrons. The Morgan fingerprint density at radius 1 is 0.917 bits per heavy atom. The molecule has 4 aliphatic rings. The molecule has 20 heteroatoms. The summed E-state index contributed by atoms with van der Waals surface area (Å²) in [5.41, 5.74) is 2.17. The van der Waals surface area contributed by atoms with Crippen LogP contribution in [0, 0.1) is 46.8 Å². The molecule has 6 unspecified atom stereocenters. The summed E-state index contributed by atoms with van der Waals surface area (Å²) in [7, 11) is 0. The van der Waals surface area contributed by atoms with Crippen molar-refractivity contribution >= 4 is 58.5 Å². The minimum Gasteiger partial charge on any atom is -0.508 e. The lowest BCUT2D eigenvalue weighted by Gasteiger charge is -2.50. The Bertz CT molecular complexity index is 1900. The molecule has 2 heterocycles. The highest BCUT2D eigenvalue weighted by molar-refractivity contribution is 6.58. The molecule has 3 N–H and O–H groups in total. The lowest BCUT2D eigenvalue weighted by atomic mass is 9.56. The van der Waals surface area contributed by atoms with Gasteiger partial charge in [-0.3, -0.25) is 19.2 Å². The third kappa shape index (κ3) is 4.27. The van der Waals surface area contributed by atoms with Gasteiger partial charge in [-0.15, -0.1) is 36.4 Å². The lowest BCUT2D eigenvalue weighted by Crippen LogP contribution is -2.60. The van der Waals surface area contributed by atoms with E-state index in [0.29, 0.717) is 18.2 Å². The molecule has 6 atom stereocenters. The molecule has 48 heavy (non-hydrogen) atoms. The highest BCUT2D eigenvalue weighted by Crippen LogP contribution is 2.67. The van der Waals surface area contributed by atoms with Crippen molar-refractivity contribution < 1.29 is 68.9 Å². The largest absolute Gasteiger partial charge is 0.573 e. The Labute approximate surface area is 271 Å². The molecular weight excluding hydrogens is 713 g/mol. The first-order valence-corrected chi connectivity index (χ1v) is 14.2. The second-order valence-electron chi connectivity index (χ2n) is 11.3. The molecule has 6 amide bonds. The number of rotatable bonds is 3. The van der Waals surface area contributed by atoms with Gasteiger partial charge in [-0.1, -0.05) is 11.6 Å². The summed E-state index contributed by atoms with van der Waals surface area (Å²) in [4.78, 5) is 60.0. The maximum Gasteiger partial charge on any atom is 0.573 e. The molecule has 254 valence electrons. The number of nitrogens with zero attached hydrogens (tertiary/aromatic N) is 2. The fourth-order valence-electron chi connectivity index (χ4n) is 7.09. The van der Waals surface area contributed by atoms with Crippen LogP contribution in [0.2, 0.25) is 0 Å². The molecule has 2 aromatic rings. The molecular formula is C28H15Cl2F8N3O7. The number of carbonyl (C=O) groups excluding carboxylic acids is 5. The van der Waals surface area contributed by atoms with Crippen molar-refractivity contribution in [3.8, 4) is 11.5 Å². The van der Waals surface area contributed by atoms with Gasteiger partial charge < -0.3 is 15.6 Å². The quantitative estimate of drug-likeness (QED) is 0.117. The Morgan fingerprint density at radius 3 is 2.06 bits per heavy atom. The number of primary amides is 1. The molecule has 3 fully saturated rings. The number of hydrogen-bond acceptors (Lipinski definition) is 7. The number of allylic oxidation sites excluding steroid dienone is 2. The van der Waals surface area contributed by atoms with E-state index < -0.39 is 139 Å². The summed E-state index contributed by atoms with van der Waals surface area (Å²) in [5, 5.41) is 10.9. The first-order chi connectivity index (χ1) is 22.2. The number of amides is 6. The summed E-state index contributed by atoms with van der Waals surface area (Å²) < 4.78 is 116. The number of aromatic hydroxyl groups is 1. The van der Waals surface area contributed by atoms with E-state index in [0.717, 1.165) is 0 Å². The number of imide groups is 4. The average molecular weight is 728 g/mol. The summed E-state index contributed by atoms with van der Waals surface area (Å²) in [6.07, 6.45) is -5.50. The number of phenols is 1. The van der Waals surface area contributed by atoms with Crippen LogP contribution in [0.25, 0.3) is 0 Å². The van der Waals surface area contributed by atoms with Crippen molar-refractivity contribution in [1.82, 2.24) is 4.90 Å². The second kappa shape index (κ2) is 10.5. The number of alkyl halides is 5. The fraction of sp³-hybridized carbons (Fsp3) is 0.321. The zero-order valence-electron chi connectivity index (χ0n) is 23.2. The van der Waals surface area contributed by atoms with Gasteiger partial charge in [0.05, 0.1) is 11.8 Å². The first-order valence-electron chi connectivity index (χ1n) is 13.4. The standard InChI is InChI=1S/C28H15Cl2F8N3O7/c29-26-6-11-8(2-3-9-13(11)22(44)41(21(9)43)25(39)47)14(10-5-7(1-4-12(10)42)48-28(36,37)38)27(26,30)24(46)40(23(26)45)20-18(34)16(32)15(31)17(33)19(20)35/h1-2,4-5,9,11,13-14,42H,3,6H2,(H2,39,47). The molecule has 2 saturated heterocycles. The summed E-state index contributed by atoms with van der Waals surface area (Å²) in [6, 6.07) is 0.337. The maximum atomic E-state index is 15.0. The van der Waals surface area contributed by atoms with Crippen molar-refractivity contribution in [3.63, 3.8) is 0 Å². The fourth-order valence-corrected chi connectivity index (χ4v) is 8.02. The van der Waals surface area contributed by atoms with Crippen LogP contribution in [0.3, 0.4) is 0 Å². The van der Waals surface area contributed by atoms with E-state index in [1.807, 2.05) is 0 Å². The average Bonchev–Trinajstić information content (AvgIpc) is 3.34. The molecule has 6 rings (SSSR count). The number of anilines is 1.